The van der Waals surface area contributed by atoms with E-state index in [1.54, 1.807) is 14.2 Å². The largest absolute Gasteiger partial charge is 0.312 e. The standard InChI is InChI=1S/C13H17BClO.C7H16/c1-8(2)13(14-10(4)16)11-5-9(3)6-12(15)7-11;1-5-7(4)6(2)3/h5-8,13H,1-4H3;6-7H,5H2,1-4H3. The Hall–Kier alpha value is -0.755. The number of rotatable bonds is 6. The summed E-state index contributed by atoms with van der Waals surface area (Å²) in [6.45, 7) is 16.9. The molecule has 1 rings (SSSR count). The van der Waals surface area contributed by atoms with E-state index in [2.05, 4.69) is 47.6 Å². The summed E-state index contributed by atoms with van der Waals surface area (Å²) in [7, 11) is 1.77. The van der Waals surface area contributed by atoms with E-state index in [0.717, 1.165) is 28.0 Å². The summed E-state index contributed by atoms with van der Waals surface area (Å²) < 4.78 is 0. The zero-order chi connectivity index (χ0) is 18.2. The summed E-state index contributed by atoms with van der Waals surface area (Å²) in [5.41, 5.74) is 2.36. The first-order valence-electron chi connectivity index (χ1n) is 8.70. The van der Waals surface area contributed by atoms with Gasteiger partial charge in [0.05, 0.1) is 5.68 Å². The van der Waals surface area contributed by atoms with E-state index < -0.39 is 0 Å². The molecule has 0 aliphatic carbocycles. The Bertz CT molecular complexity index is 462. The van der Waals surface area contributed by atoms with Gasteiger partial charge in [-0.05, 0) is 55.1 Å². The molecule has 23 heavy (non-hydrogen) atoms. The van der Waals surface area contributed by atoms with Crippen molar-refractivity contribution in [3.8, 4) is 0 Å². The monoisotopic (exact) mass is 335 g/mol. The molecule has 0 saturated heterocycles. The molecule has 0 N–H and O–H groups in total. The summed E-state index contributed by atoms with van der Waals surface area (Å²) in [5, 5.41) is 0.734. The van der Waals surface area contributed by atoms with E-state index in [4.69, 9.17) is 11.6 Å². The molecule has 0 aromatic heterocycles. The van der Waals surface area contributed by atoms with E-state index in [1.807, 2.05) is 19.1 Å². The van der Waals surface area contributed by atoms with Crippen LogP contribution in [0.2, 0.25) is 5.02 Å². The second-order valence-electron chi connectivity index (χ2n) is 7.24. The predicted octanol–water partition coefficient (Wildman–Crippen LogP) is 6.28. The van der Waals surface area contributed by atoms with Crippen molar-refractivity contribution in [3.63, 3.8) is 0 Å². The first-order chi connectivity index (χ1) is 10.6. The van der Waals surface area contributed by atoms with E-state index >= 15 is 0 Å². The van der Waals surface area contributed by atoms with Crippen LogP contribution in [0.25, 0.3) is 0 Å². The minimum absolute atomic E-state index is 0.108. The van der Waals surface area contributed by atoms with Crippen molar-refractivity contribution >= 4 is 24.6 Å². The third-order valence-electron chi connectivity index (χ3n) is 4.36. The van der Waals surface area contributed by atoms with E-state index in [0.29, 0.717) is 5.92 Å². The molecule has 0 saturated carbocycles. The first-order valence-corrected chi connectivity index (χ1v) is 9.08. The molecule has 0 aliphatic rings. The van der Waals surface area contributed by atoms with Crippen LogP contribution in [0.4, 0.5) is 0 Å². The molecule has 0 bridgehead atoms. The molecule has 0 spiro atoms. The minimum atomic E-state index is 0.108. The Morgan fingerprint density at radius 3 is 1.96 bits per heavy atom. The van der Waals surface area contributed by atoms with Crippen LogP contribution >= 0.6 is 11.6 Å². The maximum absolute atomic E-state index is 11.2. The van der Waals surface area contributed by atoms with Crippen LogP contribution in [0.1, 0.15) is 71.8 Å². The molecular weight excluding hydrogens is 302 g/mol. The zero-order valence-corrected chi connectivity index (χ0v) is 16.9. The topological polar surface area (TPSA) is 17.1 Å². The van der Waals surface area contributed by atoms with Crippen LogP contribution in [0.5, 0.6) is 0 Å². The number of hydrogen-bond acceptors (Lipinski definition) is 1. The first kappa shape index (κ1) is 22.2. The molecule has 0 heterocycles. The molecule has 0 fully saturated rings. The van der Waals surface area contributed by atoms with Gasteiger partial charge < -0.3 is 4.79 Å². The molecule has 2 unspecified atom stereocenters. The highest BCUT2D eigenvalue weighted by Gasteiger charge is 2.20. The summed E-state index contributed by atoms with van der Waals surface area (Å²) in [6, 6.07) is 5.96. The predicted molar refractivity (Wildman–Crippen MR) is 104 cm³/mol. The van der Waals surface area contributed by atoms with Gasteiger partial charge in [-0.1, -0.05) is 71.2 Å². The van der Waals surface area contributed by atoms with Crippen LogP contribution in [-0.4, -0.2) is 13.0 Å². The number of halogens is 1. The highest BCUT2D eigenvalue weighted by Crippen LogP contribution is 2.27. The van der Waals surface area contributed by atoms with Gasteiger partial charge in [0, 0.05) is 5.02 Å². The molecule has 0 aliphatic heterocycles. The summed E-state index contributed by atoms with van der Waals surface area (Å²) in [6.07, 6.45) is 1.32. The van der Waals surface area contributed by atoms with Gasteiger partial charge in [-0.25, -0.2) is 0 Å². The second kappa shape index (κ2) is 10.9. The SMILES string of the molecule is CC(=O)[B]C(c1cc(C)cc(Cl)c1)C(C)C.CCC(C)C(C)C. The lowest BCUT2D eigenvalue weighted by Gasteiger charge is -2.20. The summed E-state index contributed by atoms with van der Waals surface area (Å²) >= 11 is 6.04. The highest BCUT2D eigenvalue weighted by atomic mass is 35.5. The molecule has 0 amide bonds. The van der Waals surface area contributed by atoms with Gasteiger partial charge in [0.25, 0.3) is 0 Å². The van der Waals surface area contributed by atoms with Crippen molar-refractivity contribution in [2.45, 2.75) is 67.6 Å². The van der Waals surface area contributed by atoms with Crippen LogP contribution in [0.3, 0.4) is 0 Å². The number of aryl methyl sites for hydroxylation is 1. The van der Waals surface area contributed by atoms with Gasteiger partial charge in [-0.15, -0.1) is 0 Å². The number of carbonyl (C=O) groups excluding carboxylic acids is 1. The lowest BCUT2D eigenvalue weighted by Crippen LogP contribution is -2.20. The van der Waals surface area contributed by atoms with Crippen molar-refractivity contribution < 1.29 is 4.79 Å². The summed E-state index contributed by atoms with van der Waals surface area (Å²) in [5.74, 6) is 2.31. The quantitative estimate of drug-likeness (QED) is 0.559. The fourth-order valence-corrected chi connectivity index (χ4v) is 2.65. The van der Waals surface area contributed by atoms with Crippen molar-refractivity contribution in [2.24, 2.45) is 17.8 Å². The third-order valence-corrected chi connectivity index (χ3v) is 4.58. The van der Waals surface area contributed by atoms with Gasteiger partial charge in [0.2, 0.25) is 7.28 Å². The van der Waals surface area contributed by atoms with Crippen molar-refractivity contribution in [1.29, 1.82) is 0 Å². The van der Waals surface area contributed by atoms with Gasteiger partial charge in [0.1, 0.15) is 0 Å². The lowest BCUT2D eigenvalue weighted by molar-refractivity contribution is -0.110. The maximum atomic E-state index is 11.2. The molecular formula is C20H33BClO. The van der Waals surface area contributed by atoms with Crippen LogP contribution < -0.4 is 0 Å². The minimum Gasteiger partial charge on any atom is -0.312 e. The highest BCUT2D eigenvalue weighted by molar-refractivity contribution is 6.74. The molecule has 1 aromatic carbocycles. The molecule has 129 valence electrons. The molecule has 1 nitrogen and oxygen atoms in total. The normalized spacial score (nSPS) is 13.3. The average molecular weight is 336 g/mol. The van der Waals surface area contributed by atoms with Crippen molar-refractivity contribution in [3.05, 3.63) is 34.3 Å². The number of benzene rings is 1. The van der Waals surface area contributed by atoms with E-state index in [9.17, 15) is 4.79 Å². The van der Waals surface area contributed by atoms with Gasteiger partial charge in [-0.3, -0.25) is 0 Å². The number of carbonyl (C=O) groups is 1. The van der Waals surface area contributed by atoms with E-state index in [-0.39, 0.29) is 11.5 Å². The lowest BCUT2D eigenvalue weighted by atomic mass is 9.55. The average Bonchev–Trinajstić information content (AvgIpc) is 2.42. The Morgan fingerprint density at radius 2 is 1.65 bits per heavy atom. The summed E-state index contributed by atoms with van der Waals surface area (Å²) in [4.78, 5) is 11.2. The van der Waals surface area contributed by atoms with Crippen LogP contribution in [0.15, 0.2) is 18.2 Å². The second-order valence-corrected chi connectivity index (χ2v) is 7.68. The smallest absolute Gasteiger partial charge is 0.210 e. The molecule has 1 radical (unpaired) electrons. The van der Waals surface area contributed by atoms with Crippen LogP contribution in [-0.2, 0) is 4.79 Å². The maximum Gasteiger partial charge on any atom is 0.210 e. The zero-order valence-electron chi connectivity index (χ0n) is 16.1. The van der Waals surface area contributed by atoms with Crippen molar-refractivity contribution in [1.82, 2.24) is 0 Å². The Kier molecular flexibility index (Phi) is 10.6. The van der Waals surface area contributed by atoms with Gasteiger partial charge in [0.15, 0.2) is 0 Å². The molecule has 3 heteroatoms. The Balaban J connectivity index is 0.000000585. The van der Waals surface area contributed by atoms with Crippen molar-refractivity contribution in [2.75, 3.05) is 0 Å². The Labute approximate surface area is 149 Å². The van der Waals surface area contributed by atoms with E-state index in [1.165, 1.54) is 6.42 Å². The van der Waals surface area contributed by atoms with Gasteiger partial charge in [-0.2, -0.15) is 0 Å². The van der Waals surface area contributed by atoms with Crippen LogP contribution in [0, 0.1) is 24.7 Å². The fourth-order valence-electron chi connectivity index (χ4n) is 2.35. The molecule has 1 aromatic rings. The molecule has 2 atom stereocenters. The Morgan fingerprint density at radius 1 is 1.09 bits per heavy atom. The fraction of sp³-hybridized carbons (Fsp3) is 0.650. The third kappa shape index (κ3) is 9.20. The number of hydrogen-bond donors (Lipinski definition) is 0. The van der Waals surface area contributed by atoms with Gasteiger partial charge >= 0.3 is 0 Å².